The molecule has 9 heteroatoms. The monoisotopic (exact) mass is 460 g/mol. The van der Waals surface area contributed by atoms with Gasteiger partial charge in [-0.25, -0.2) is 4.98 Å². The van der Waals surface area contributed by atoms with Gasteiger partial charge in [-0.2, -0.15) is 0 Å². The van der Waals surface area contributed by atoms with Crippen molar-refractivity contribution in [3.63, 3.8) is 0 Å². The third kappa shape index (κ3) is 3.67. The highest BCUT2D eigenvalue weighted by molar-refractivity contribution is 7.15. The molecule has 1 N–H and O–H groups in total. The lowest BCUT2D eigenvalue weighted by atomic mass is 9.82. The summed E-state index contributed by atoms with van der Waals surface area (Å²) in [5.74, 6) is 1.95. The highest BCUT2D eigenvalue weighted by atomic mass is 35.5. The van der Waals surface area contributed by atoms with Crippen LogP contribution in [0.3, 0.4) is 0 Å². The van der Waals surface area contributed by atoms with Crippen molar-refractivity contribution < 1.29 is 9.53 Å². The fourth-order valence-corrected chi connectivity index (χ4v) is 7.24. The van der Waals surface area contributed by atoms with Crippen LogP contribution in [0.5, 0.6) is 0 Å². The molecule has 29 heavy (non-hydrogen) atoms. The fraction of sp³-hybridized carbons (Fsp3) is 0.800. The van der Waals surface area contributed by atoms with Crippen molar-refractivity contribution in [3.8, 4) is 0 Å². The molecule has 5 atom stereocenters. The van der Waals surface area contributed by atoms with Crippen LogP contribution in [0.1, 0.15) is 29.8 Å². The van der Waals surface area contributed by atoms with Crippen molar-refractivity contribution >= 4 is 47.2 Å². The van der Waals surface area contributed by atoms with Gasteiger partial charge in [0.1, 0.15) is 0 Å². The van der Waals surface area contributed by atoms with E-state index in [0.717, 1.165) is 63.8 Å². The number of halogens is 2. The van der Waals surface area contributed by atoms with Crippen LogP contribution >= 0.6 is 36.2 Å². The summed E-state index contributed by atoms with van der Waals surface area (Å²) in [6.45, 7) is 5.41. The number of rotatable bonds is 2. The molecule has 4 aliphatic heterocycles. The molecule has 5 aliphatic rings. The molecule has 5 heterocycles. The van der Waals surface area contributed by atoms with Crippen LogP contribution in [0.15, 0.2) is 0 Å². The molecule has 2 bridgehead atoms. The normalized spacial score (nSPS) is 35.0. The van der Waals surface area contributed by atoms with Crippen molar-refractivity contribution in [2.75, 3.05) is 44.3 Å². The number of carbonyl (C=O) groups excluding carboxylic acids is 1. The number of hydrogen-bond donors (Lipinski definition) is 1. The first-order valence-electron chi connectivity index (χ1n) is 10.6. The Labute approximate surface area is 188 Å². The van der Waals surface area contributed by atoms with E-state index < -0.39 is 0 Å². The van der Waals surface area contributed by atoms with Crippen molar-refractivity contribution in [3.05, 3.63) is 10.6 Å². The number of fused-ring (bicyclic) bond motifs is 6. The van der Waals surface area contributed by atoms with Crippen LogP contribution in [-0.4, -0.2) is 67.3 Å². The number of anilines is 1. The number of likely N-dealkylation sites (tertiary alicyclic amines) is 1. The molecular weight excluding hydrogens is 431 g/mol. The van der Waals surface area contributed by atoms with Crippen molar-refractivity contribution in [2.24, 2.45) is 17.8 Å². The number of ether oxygens (including phenoxy) is 1. The van der Waals surface area contributed by atoms with E-state index in [-0.39, 0.29) is 30.7 Å². The van der Waals surface area contributed by atoms with Crippen LogP contribution in [0.25, 0.3) is 0 Å². The second kappa shape index (κ2) is 8.50. The topological polar surface area (TPSA) is 57.7 Å². The SMILES string of the molecule is Cl.Cl.O=C(C1CCc2sc(N3CCOCC3)nc2C1)N1C[C@@H]2[C@H](C1)[C@@H]1CC[C@H]2N1. The van der Waals surface area contributed by atoms with Crippen LogP contribution in [0.4, 0.5) is 5.13 Å². The average Bonchev–Trinajstić information content (AvgIpc) is 3.48. The zero-order valence-corrected chi connectivity index (χ0v) is 19.0. The maximum Gasteiger partial charge on any atom is 0.226 e. The molecule has 4 fully saturated rings. The molecule has 1 unspecified atom stereocenters. The van der Waals surface area contributed by atoms with E-state index in [1.807, 2.05) is 11.3 Å². The van der Waals surface area contributed by atoms with Crippen molar-refractivity contribution in [2.45, 2.75) is 44.2 Å². The third-order valence-electron chi connectivity index (χ3n) is 7.53. The number of aryl methyl sites for hydroxylation is 1. The number of thiazole rings is 1. The molecule has 6 rings (SSSR count). The second-order valence-corrected chi connectivity index (χ2v) is 10.00. The Morgan fingerprint density at radius 3 is 2.45 bits per heavy atom. The molecule has 6 nitrogen and oxygen atoms in total. The molecule has 1 amide bonds. The minimum Gasteiger partial charge on any atom is -0.378 e. The van der Waals surface area contributed by atoms with Gasteiger partial charge in [-0.3, -0.25) is 4.79 Å². The summed E-state index contributed by atoms with van der Waals surface area (Å²) in [6, 6.07) is 1.34. The number of hydrogen-bond acceptors (Lipinski definition) is 6. The van der Waals surface area contributed by atoms with E-state index in [0.29, 0.717) is 29.8 Å². The van der Waals surface area contributed by atoms with E-state index in [2.05, 4.69) is 15.1 Å². The summed E-state index contributed by atoms with van der Waals surface area (Å²) in [7, 11) is 0. The molecule has 0 aromatic carbocycles. The number of carbonyl (C=O) groups is 1. The van der Waals surface area contributed by atoms with Gasteiger partial charge >= 0.3 is 0 Å². The largest absolute Gasteiger partial charge is 0.378 e. The molecule has 0 saturated carbocycles. The van der Waals surface area contributed by atoms with Crippen LogP contribution < -0.4 is 10.2 Å². The summed E-state index contributed by atoms with van der Waals surface area (Å²) >= 11 is 1.84. The number of nitrogens with one attached hydrogen (secondary N) is 1. The molecular formula is C20H30Cl2N4O2S. The summed E-state index contributed by atoms with van der Waals surface area (Å²) in [5.41, 5.74) is 1.19. The fourth-order valence-electron chi connectivity index (χ4n) is 6.09. The lowest BCUT2D eigenvalue weighted by molar-refractivity contribution is -0.135. The van der Waals surface area contributed by atoms with E-state index in [4.69, 9.17) is 9.72 Å². The second-order valence-electron chi connectivity index (χ2n) is 8.93. The maximum atomic E-state index is 13.2. The predicted molar refractivity (Wildman–Crippen MR) is 119 cm³/mol. The maximum absolute atomic E-state index is 13.2. The zero-order chi connectivity index (χ0) is 18.0. The Morgan fingerprint density at radius 2 is 1.76 bits per heavy atom. The van der Waals surface area contributed by atoms with Gasteiger partial charge < -0.3 is 19.9 Å². The molecule has 1 aromatic heterocycles. The standard InChI is InChI=1S/C20H28N4O2S.2ClH/c25-19(24-10-13-14(11-24)16-3-2-15(13)21-16)12-1-4-18-17(9-12)22-20(27-18)23-5-7-26-8-6-23;;/h12-16,21H,1-11H2;2*1H/t12?,13-,14+,15-,16+;;. The first kappa shape index (κ1) is 21.6. The Morgan fingerprint density at radius 1 is 1.07 bits per heavy atom. The van der Waals surface area contributed by atoms with Gasteiger partial charge in [-0.15, -0.1) is 36.2 Å². The molecule has 4 saturated heterocycles. The molecule has 1 aliphatic carbocycles. The van der Waals surface area contributed by atoms with Gasteiger partial charge in [0, 0.05) is 55.5 Å². The lowest BCUT2D eigenvalue weighted by Crippen LogP contribution is -2.40. The van der Waals surface area contributed by atoms with Crippen molar-refractivity contribution in [1.82, 2.24) is 15.2 Å². The minimum absolute atomic E-state index is 0. The van der Waals surface area contributed by atoms with Gasteiger partial charge in [0.05, 0.1) is 18.9 Å². The third-order valence-corrected chi connectivity index (χ3v) is 8.75. The zero-order valence-electron chi connectivity index (χ0n) is 16.5. The average molecular weight is 461 g/mol. The number of amides is 1. The Hall–Kier alpha value is -0.600. The van der Waals surface area contributed by atoms with E-state index in [1.54, 1.807) is 0 Å². The van der Waals surface area contributed by atoms with Gasteiger partial charge in [-0.05, 0) is 37.5 Å². The Balaban J connectivity index is 0.00000102. The highest BCUT2D eigenvalue weighted by Crippen LogP contribution is 2.44. The van der Waals surface area contributed by atoms with Gasteiger partial charge in [0.2, 0.25) is 5.91 Å². The number of aromatic nitrogens is 1. The Bertz CT molecular complexity index is 739. The molecule has 0 spiro atoms. The summed E-state index contributed by atoms with van der Waals surface area (Å²) in [5, 5.41) is 4.89. The lowest BCUT2D eigenvalue weighted by Gasteiger charge is -2.27. The van der Waals surface area contributed by atoms with E-state index in [1.165, 1.54) is 23.4 Å². The Kier molecular flexibility index (Phi) is 6.34. The van der Waals surface area contributed by atoms with Gasteiger partial charge in [0.15, 0.2) is 5.13 Å². The summed E-state index contributed by atoms with van der Waals surface area (Å²) < 4.78 is 5.46. The number of morpholine rings is 1. The molecule has 162 valence electrons. The smallest absolute Gasteiger partial charge is 0.226 e. The minimum atomic E-state index is 0. The predicted octanol–water partition coefficient (Wildman–Crippen LogP) is 2.14. The quantitative estimate of drug-likeness (QED) is 0.732. The van der Waals surface area contributed by atoms with Crippen LogP contribution in [0.2, 0.25) is 0 Å². The summed E-state index contributed by atoms with van der Waals surface area (Å²) in [6.07, 6.45) is 5.47. The van der Waals surface area contributed by atoms with Gasteiger partial charge in [0.25, 0.3) is 0 Å². The van der Waals surface area contributed by atoms with Crippen LogP contribution in [-0.2, 0) is 22.4 Å². The van der Waals surface area contributed by atoms with E-state index >= 15 is 0 Å². The number of nitrogens with zero attached hydrogens (tertiary/aromatic N) is 3. The van der Waals surface area contributed by atoms with Crippen molar-refractivity contribution in [1.29, 1.82) is 0 Å². The highest BCUT2D eigenvalue weighted by Gasteiger charge is 2.52. The first-order valence-corrected chi connectivity index (χ1v) is 11.4. The molecule has 0 radical (unpaired) electrons. The molecule has 1 aromatic rings. The van der Waals surface area contributed by atoms with Crippen LogP contribution in [0, 0.1) is 17.8 Å². The van der Waals surface area contributed by atoms with Gasteiger partial charge in [-0.1, -0.05) is 0 Å². The summed E-state index contributed by atoms with van der Waals surface area (Å²) in [4.78, 5) is 24.1. The first-order chi connectivity index (χ1) is 13.3. The van der Waals surface area contributed by atoms with E-state index in [9.17, 15) is 4.79 Å².